The van der Waals surface area contributed by atoms with Gasteiger partial charge in [0.2, 0.25) is 0 Å². The first-order valence-corrected chi connectivity index (χ1v) is 8.76. The summed E-state index contributed by atoms with van der Waals surface area (Å²) in [6, 6.07) is 9.92. The summed E-state index contributed by atoms with van der Waals surface area (Å²) in [5.41, 5.74) is 0.885. The number of anilines is 1. The molecule has 2 aromatic rings. The molecule has 2 aromatic carbocycles. The van der Waals surface area contributed by atoms with Crippen molar-refractivity contribution in [3.8, 4) is 11.5 Å². The minimum Gasteiger partial charge on any atom is -0.497 e. The molecule has 8 heteroatoms. The molecule has 0 unspecified atom stereocenters. The molecule has 1 amide bonds. The molecule has 0 bridgehead atoms. The van der Waals surface area contributed by atoms with Crippen LogP contribution in [-0.2, 0) is 20.7 Å². The fraction of sp³-hybridized carbons (Fsp3) is 0.263. The van der Waals surface area contributed by atoms with E-state index in [1.165, 1.54) is 21.1 Å². The van der Waals surface area contributed by atoms with Crippen molar-refractivity contribution in [2.75, 3.05) is 19.5 Å². The summed E-state index contributed by atoms with van der Waals surface area (Å²) in [4.78, 5) is 24.5. The van der Waals surface area contributed by atoms with Crippen LogP contribution in [-0.4, -0.2) is 32.2 Å². The number of nitrogens with one attached hydrogen (secondary N) is 1. The van der Waals surface area contributed by atoms with Crippen molar-refractivity contribution in [2.24, 2.45) is 0 Å². The van der Waals surface area contributed by atoms with E-state index in [1.54, 1.807) is 36.4 Å². The maximum absolute atomic E-state index is 12.3. The molecular weight excluding hydrogens is 393 g/mol. The van der Waals surface area contributed by atoms with Crippen LogP contribution in [0.4, 0.5) is 5.69 Å². The number of rotatable bonds is 7. The zero-order valence-corrected chi connectivity index (χ0v) is 16.6. The summed E-state index contributed by atoms with van der Waals surface area (Å²) >= 11 is 12.0. The maximum atomic E-state index is 12.3. The van der Waals surface area contributed by atoms with Gasteiger partial charge < -0.3 is 19.5 Å². The molecule has 0 heterocycles. The zero-order chi connectivity index (χ0) is 20.0. The van der Waals surface area contributed by atoms with Gasteiger partial charge in [0.25, 0.3) is 5.91 Å². The quantitative estimate of drug-likeness (QED) is 0.693. The van der Waals surface area contributed by atoms with Crippen LogP contribution < -0.4 is 14.8 Å². The Morgan fingerprint density at radius 1 is 1.07 bits per heavy atom. The van der Waals surface area contributed by atoms with Crippen molar-refractivity contribution in [1.29, 1.82) is 0 Å². The van der Waals surface area contributed by atoms with E-state index >= 15 is 0 Å². The molecule has 0 aromatic heterocycles. The van der Waals surface area contributed by atoms with Gasteiger partial charge in [0.1, 0.15) is 11.5 Å². The summed E-state index contributed by atoms with van der Waals surface area (Å²) in [6.45, 7) is 1.46. The Morgan fingerprint density at radius 2 is 1.74 bits per heavy atom. The van der Waals surface area contributed by atoms with Crippen LogP contribution in [0.2, 0.25) is 10.0 Å². The predicted molar refractivity (Wildman–Crippen MR) is 104 cm³/mol. The lowest BCUT2D eigenvalue weighted by Gasteiger charge is -2.16. The number of methoxy groups -OCH3 is 2. The topological polar surface area (TPSA) is 73.9 Å². The molecule has 0 aliphatic heterocycles. The van der Waals surface area contributed by atoms with Crippen molar-refractivity contribution in [3.63, 3.8) is 0 Å². The number of amides is 1. The van der Waals surface area contributed by atoms with Gasteiger partial charge in [0.05, 0.1) is 36.4 Å². The van der Waals surface area contributed by atoms with E-state index in [2.05, 4.69) is 5.32 Å². The van der Waals surface area contributed by atoms with Gasteiger partial charge in [-0.2, -0.15) is 0 Å². The van der Waals surface area contributed by atoms with Crippen molar-refractivity contribution >= 4 is 40.8 Å². The Labute approximate surface area is 167 Å². The van der Waals surface area contributed by atoms with Crippen LogP contribution in [0.15, 0.2) is 36.4 Å². The SMILES string of the molecule is COc1ccc(CC(=O)O[C@@H](C)C(=O)Nc2c(Cl)cccc2Cl)c(OC)c1. The van der Waals surface area contributed by atoms with Gasteiger partial charge in [-0.05, 0) is 25.1 Å². The third kappa shape index (κ3) is 5.52. The molecule has 0 saturated heterocycles. The van der Waals surface area contributed by atoms with E-state index in [0.717, 1.165) is 0 Å². The lowest BCUT2D eigenvalue weighted by molar-refractivity contribution is -0.152. The molecular formula is C19H19Cl2NO5. The fourth-order valence-corrected chi connectivity index (χ4v) is 2.78. The molecule has 6 nitrogen and oxygen atoms in total. The number of ether oxygens (including phenoxy) is 3. The van der Waals surface area contributed by atoms with Crippen molar-refractivity contribution in [3.05, 3.63) is 52.0 Å². The highest BCUT2D eigenvalue weighted by Gasteiger charge is 2.21. The molecule has 0 radical (unpaired) electrons. The van der Waals surface area contributed by atoms with Crippen LogP contribution in [0.5, 0.6) is 11.5 Å². The number of carbonyl (C=O) groups is 2. The number of hydrogen-bond donors (Lipinski definition) is 1. The molecule has 0 aliphatic rings. The number of carbonyl (C=O) groups excluding carboxylic acids is 2. The zero-order valence-electron chi connectivity index (χ0n) is 15.0. The summed E-state index contributed by atoms with van der Waals surface area (Å²) in [5, 5.41) is 3.14. The van der Waals surface area contributed by atoms with Gasteiger partial charge in [-0.15, -0.1) is 0 Å². The highest BCUT2D eigenvalue weighted by Crippen LogP contribution is 2.30. The number of esters is 1. The van der Waals surface area contributed by atoms with Crippen LogP contribution in [0.25, 0.3) is 0 Å². The van der Waals surface area contributed by atoms with Gasteiger partial charge >= 0.3 is 5.97 Å². The molecule has 1 atom stereocenters. The molecule has 27 heavy (non-hydrogen) atoms. The smallest absolute Gasteiger partial charge is 0.311 e. The minimum atomic E-state index is -1.03. The second-order valence-electron chi connectivity index (χ2n) is 5.57. The number of hydrogen-bond acceptors (Lipinski definition) is 5. The lowest BCUT2D eigenvalue weighted by Crippen LogP contribution is -2.30. The average molecular weight is 412 g/mol. The predicted octanol–water partition coefficient (Wildman–Crippen LogP) is 4.12. The van der Waals surface area contributed by atoms with Crippen LogP contribution in [0, 0.1) is 0 Å². The molecule has 0 aliphatic carbocycles. The van der Waals surface area contributed by atoms with Gasteiger partial charge in [-0.3, -0.25) is 9.59 Å². The minimum absolute atomic E-state index is 0.0579. The summed E-state index contributed by atoms with van der Waals surface area (Å²) in [5.74, 6) is -0.0222. The first kappa shape index (κ1) is 20.9. The summed E-state index contributed by atoms with van der Waals surface area (Å²) < 4.78 is 15.6. The Bertz CT molecular complexity index is 821. The second-order valence-corrected chi connectivity index (χ2v) is 6.39. The molecule has 1 N–H and O–H groups in total. The molecule has 0 fully saturated rings. The Kier molecular flexibility index (Phi) is 7.33. The monoisotopic (exact) mass is 411 g/mol. The van der Waals surface area contributed by atoms with E-state index in [1.807, 2.05) is 0 Å². The van der Waals surface area contributed by atoms with E-state index in [0.29, 0.717) is 17.1 Å². The number of benzene rings is 2. The fourth-order valence-electron chi connectivity index (χ4n) is 2.29. The standard InChI is InChI=1S/C19H19Cl2NO5/c1-11(19(24)22-18-14(20)5-4-6-15(18)21)27-17(23)9-12-7-8-13(25-2)10-16(12)26-3/h4-8,10-11H,9H2,1-3H3,(H,22,24)/t11-/m0/s1. The van der Waals surface area contributed by atoms with Gasteiger partial charge in [-0.1, -0.05) is 35.3 Å². The summed E-state index contributed by atoms with van der Waals surface area (Å²) in [7, 11) is 3.03. The molecule has 2 rings (SSSR count). The van der Waals surface area contributed by atoms with Gasteiger partial charge in [0.15, 0.2) is 6.10 Å². The van der Waals surface area contributed by atoms with Crippen molar-refractivity contribution in [1.82, 2.24) is 0 Å². The second kappa shape index (κ2) is 9.48. The summed E-state index contributed by atoms with van der Waals surface area (Å²) in [6.07, 6.45) is -1.09. The maximum Gasteiger partial charge on any atom is 0.311 e. The van der Waals surface area contributed by atoms with Crippen LogP contribution >= 0.6 is 23.2 Å². The molecule has 144 valence electrons. The van der Waals surface area contributed by atoms with E-state index in [4.69, 9.17) is 37.4 Å². The van der Waals surface area contributed by atoms with E-state index in [-0.39, 0.29) is 22.2 Å². The third-order valence-corrected chi connectivity index (χ3v) is 4.35. The Balaban J connectivity index is 2.00. The van der Waals surface area contributed by atoms with Crippen LogP contribution in [0.3, 0.4) is 0 Å². The third-order valence-electron chi connectivity index (χ3n) is 3.72. The molecule has 0 saturated carbocycles. The average Bonchev–Trinajstić information content (AvgIpc) is 2.64. The van der Waals surface area contributed by atoms with E-state index < -0.39 is 18.0 Å². The highest BCUT2D eigenvalue weighted by molar-refractivity contribution is 6.39. The number of para-hydroxylation sites is 1. The molecule has 0 spiro atoms. The van der Waals surface area contributed by atoms with Gasteiger partial charge in [0, 0.05) is 11.6 Å². The van der Waals surface area contributed by atoms with Crippen molar-refractivity contribution < 1.29 is 23.8 Å². The van der Waals surface area contributed by atoms with Crippen molar-refractivity contribution in [2.45, 2.75) is 19.4 Å². The highest BCUT2D eigenvalue weighted by atomic mass is 35.5. The first-order valence-electron chi connectivity index (χ1n) is 8.01. The van der Waals surface area contributed by atoms with Crippen LogP contribution in [0.1, 0.15) is 12.5 Å². The van der Waals surface area contributed by atoms with E-state index in [9.17, 15) is 9.59 Å². The van der Waals surface area contributed by atoms with Gasteiger partial charge in [-0.25, -0.2) is 0 Å². The lowest BCUT2D eigenvalue weighted by atomic mass is 10.1. The number of halogens is 2. The normalized spacial score (nSPS) is 11.4. The first-order chi connectivity index (χ1) is 12.8. The largest absolute Gasteiger partial charge is 0.497 e. The Hall–Kier alpha value is -2.44. The Morgan fingerprint density at radius 3 is 2.33 bits per heavy atom.